The molecule has 0 amide bonds. The first kappa shape index (κ1) is 12.2. The van der Waals surface area contributed by atoms with Crippen LogP contribution >= 0.6 is 0 Å². The molecule has 9 heteroatoms. The number of nitro groups is 1. The fourth-order valence-electron chi connectivity index (χ4n) is 1.34. The van der Waals surface area contributed by atoms with Crippen molar-refractivity contribution in [2.75, 3.05) is 0 Å². The van der Waals surface area contributed by atoms with Gasteiger partial charge in [-0.1, -0.05) is 17.7 Å². The number of benzene rings is 1. The van der Waals surface area contributed by atoms with Gasteiger partial charge in [0.1, 0.15) is 0 Å². The first-order valence-corrected chi connectivity index (χ1v) is 6.28. The topological polar surface area (TPSA) is 119 Å². The second-order valence-corrected chi connectivity index (χ2v) is 5.39. The zero-order valence-corrected chi connectivity index (χ0v) is 10.0. The number of hydrogen-bond acceptors (Lipinski definition) is 6. The highest BCUT2D eigenvalue weighted by Gasteiger charge is 2.32. The molecule has 94 valence electrons. The van der Waals surface area contributed by atoms with E-state index in [0.717, 1.165) is 5.56 Å². The van der Waals surface area contributed by atoms with Crippen LogP contribution in [0.5, 0.6) is 0 Å². The zero-order valence-electron chi connectivity index (χ0n) is 9.19. The summed E-state index contributed by atoms with van der Waals surface area (Å²) in [4.78, 5) is 9.67. The van der Waals surface area contributed by atoms with Crippen molar-refractivity contribution in [3.8, 4) is 0 Å². The third-order valence-corrected chi connectivity index (χ3v) is 3.93. The SMILES string of the molecule is Cc1ccc(S(=O)(=O)c2n[nH]nc2[N+](=O)[O-])cc1. The van der Waals surface area contributed by atoms with E-state index in [2.05, 4.69) is 10.2 Å². The van der Waals surface area contributed by atoms with E-state index >= 15 is 0 Å². The Balaban J connectivity index is 2.58. The molecule has 1 aromatic heterocycles. The minimum Gasteiger partial charge on any atom is -0.358 e. The minimum absolute atomic E-state index is 0.0647. The van der Waals surface area contributed by atoms with Gasteiger partial charge in [-0.05, 0) is 24.0 Å². The highest BCUT2D eigenvalue weighted by molar-refractivity contribution is 7.91. The summed E-state index contributed by atoms with van der Waals surface area (Å²) in [7, 11) is -4.03. The van der Waals surface area contributed by atoms with Crippen LogP contribution in [0.1, 0.15) is 5.56 Å². The number of sulfone groups is 1. The van der Waals surface area contributed by atoms with Gasteiger partial charge in [-0.3, -0.25) is 0 Å². The number of hydrogen-bond donors (Lipinski definition) is 1. The number of aromatic amines is 1. The highest BCUT2D eigenvalue weighted by atomic mass is 32.2. The summed E-state index contributed by atoms with van der Waals surface area (Å²) in [5, 5.41) is 18.4. The first-order valence-electron chi connectivity index (χ1n) is 4.80. The maximum atomic E-state index is 12.1. The summed E-state index contributed by atoms with van der Waals surface area (Å²) in [6.07, 6.45) is 0. The molecule has 1 heterocycles. The molecule has 18 heavy (non-hydrogen) atoms. The van der Waals surface area contributed by atoms with Crippen LogP contribution in [0.4, 0.5) is 5.82 Å². The molecule has 8 nitrogen and oxygen atoms in total. The molecule has 0 fully saturated rings. The van der Waals surface area contributed by atoms with E-state index < -0.39 is 25.6 Å². The molecule has 0 aliphatic rings. The molecule has 0 saturated carbocycles. The molecule has 0 aliphatic heterocycles. The molecule has 0 spiro atoms. The fourth-order valence-corrected chi connectivity index (χ4v) is 2.58. The monoisotopic (exact) mass is 268 g/mol. The Morgan fingerprint density at radius 1 is 1.22 bits per heavy atom. The van der Waals surface area contributed by atoms with Crippen LogP contribution in [-0.2, 0) is 9.84 Å². The molecule has 2 rings (SSSR count). The van der Waals surface area contributed by atoms with Gasteiger partial charge in [0, 0.05) is 0 Å². The van der Waals surface area contributed by atoms with Crippen molar-refractivity contribution >= 4 is 15.7 Å². The summed E-state index contributed by atoms with van der Waals surface area (Å²) in [6.45, 7) is 1.80. The summed E-state index contributed by atoms with van der Waals surface area (Å²) < 4.78 is 24.2. The van der Waals surface area contributed by atoms with Crippen molar-refractivity contribution in [2.24, 2.45) is 0 Å². The normalized spacial score (nSPS) is 11.4. The third-order valence-electron chi connectivity index (χ3n) is 2.26. The molecule has 2 aromatic rings. The molecular formula is C9H8N4O4S. The highest BCUT2D eigenvalue weighted by Crippen LogP contribution is 2.25. The Labute approximate surface area is 102 Å². The molecular weight excluding hydrogens is 260 g/mol. The zero-order chi connectivity index (χ0) is 13.3. The average molecular weight is 268 g/mol. The standard InChI is InChI=1S/C9H8N4O4S/c1-6-2-4-7(5-3-6)18(16,17)9-8(13(14)15)10-12-11-9/h2-5H,1H3,(H,10,11,12). The predicted octanol–water partition coefficient (Wildman–Crippen LogP) is 0.854. The lowest BCUT2D eigenvalue weighted by molar-refractivity contribution is -0.392. The van der Waals surface area contributed by atoms with Gasteiger partial charge >= 0.3 is 5.82 Å². The first-order chi connectivity index (χ1) is 8.43. The van der Waals surface area contributed by atoms with Crippen molar-refractivity contribution < 1.29 is 13.3 Å². The van der Waals surface area contributed by atoms with Crippen LogP contribution in [0.3, 0.4) is 0 Å². The Morgan fingerprint density at radius 2 is 1.83 bits per heavy atom. The Morgan fingerprint density at radius 3 is 2.39 bits per heavy atom. The molecule has 0 unspecified atom stereocenters. The number of rotatable bonds is 3. The largest absolute Gasteiger partial charge is 0.429 e. The van der Waals surface area contributed by atoms with Crippen molar-refractivity contribution in [3.63, 3.8) is 0 Å². The van der Waals surface area contributed by atoms with Crippen molar-refractivity contribution in [1.82, 2.24) is 15.4 Å². The summed E-state index contributed by atoms with van der Waals surface area (Å²) >= 11 is 0. The van der Waals surface area contributed by atoms with Crippen LogP contribution in [-0.4, -0.2) is 28.8 Å². The molecule has 0 radical (unpaired) electrons. The van der Waals surface area contributed by atoms with E-state index in [1.165, 1.54) is 12.1 Å². The smallest absolute Gasteiger partial charge is 0.358 e. The van der Waals surface area contributed by atoms with Crippen LogP contribution in [0.15, 0.2) is 34.2 Å². The van der Waals surface area contributed by atoms with E-state index in [-0.39, 0.29) is 4.90 Å². The van der Waals surface area contributed by atoms with Gasteiger partial charge in [0.2, 0.25) is 9.84 Å². The maximum absolute atomic E-state index is 12.1. The van der Waals surface area contributed by atoms with E-state index in [9.17, 15) is 18.5 Å². The Bertz CT molecular complexity index is 690. The van der Waals surface area contributed by atoms with Crippen molar-refractivity contribution in [2.45, 2.75) is 16.8 Å². The molecule has 0 bridgehead atoms. The van der Waals surface area contributed by atoms with Crippen LogP contribution < -0.4 is 0 Å². The van der Waals surface area contributed by atoms with E-state index in [4.69, 9.17) is 0 Å². The molecule has 1 N–H and O–H groups in total. The molecule has 0 saturated heterocycles. The maximum Gasteiger partial charge on any atom is 0.429 e. The lowest BCUT2D eigenvalue weighted by Crippen LogP contribution is -2.05. The van der Waals surface area contributed by atoms with E-state index in [1.807, 2.05) is 5.21 Å². The van der Waals surface area contributed by atoms with Crippen LogP contribution in [0.25, 0.3) is 0 Å². The molecule has 0 atom stereocenters. The molecule has 0 aliphatic carbocycles. The minimum atomic E-state index is -4.03. The van der Waals surface area contributed by atoms with Gasteiger partial charge in [0.25, 0.3) is 5.03 Å². The van der Waals surface area contributed by atoms with Gasteiger partial charge in [-0.2, -0.15) is 0 Å². The van der Waals surface area contributed by atoms with Gasteiger partial charge in [-0.25, -0.2) is 8.42 Å². The van der Waals surface area contributed by atoms with Crippen molar-refractivity contribution in [1.29, 1.82) is 0 Å². The molecule has 1 aromatic carbocycles. The van der Waals surface area contributed by atoms with Crippen LogP contribution in [0.2, 0.25) is 0 Å². The number of aryl methyl sites for hydroxylation is 1. The van der Waals surface area contributed by atoms with Crippen LogP contribution in [0, 0.1) is 17.0 Å². The lowest BCUT2D eigenvalue weighted by atomic mass is 10.2. The summed E-state index contributed by atoms with van der Waals surface area (Å²) in [5.74, 6) is -0.810. The van der Waals surface area contributed by atoms with E-state index in [1.54, 1.807) is 19.1 Å². The van der Waals surface area contributed by atoms with Gasteiger partial charge in [-0.15, -0.1) is 10.3 Å². The van der Waals surface area contributed by atoms with Crippen molar-refractivity contribution in [3.05, 3.63) is 39.9 Å². The summed E-state index contributed by atoms with van der Waals surface area (Å²) in [5.41, 5.74) is 0.878. The van der Waals surface area contributed by atoms with Gasteiger partial charge in [0.05, 0.1) is 9.99 Å². The second kappa shape index (κ2) is 4.18. The quantitative estimate of drug-likeness (QED) is 0.651. The predicted molar refractivity (Wildman–Crippen MR) is 59.7 cm³/mol. The van der Waals surface area contributed by atoms with Gasteiger partial charge in [0.15, 0.2) is 0 Å². The Kier molecular flexibility index (Phi) is 2.83. The number of aromatic nitrogens is 3. The number of nitrogens with zero attached hydrogens (tertiary/aromatic N) is 3. The average Bonchev–Trinajstić information content (AvgIpc) is 2.79. The summed E-state index contributed by atoms with van der Waals surface area (Å²) in [6, 6.07) is 5.92. The fraction of sp³-hybridized carbons (Fsp3) is 0.111. The Hall–Kier alpha value is -2.29. The lowest BCUT2D eigenvalue weighted by Gasteiger charge is -2.00. The van der Waals surface area contributed by atoms with Gasteiger partial charge < -0.3 is 10.1 Å². The number of H-pyrrole nitrogens is 1. The second-order valence-electron chi connectivity index (χ2n) is 3.53. The third kappa shape index (κ3) is 1.95. The van der Waals surface area contributed by atoms with E-state index in [0.29, 0.717) is 0 Å². The number of nitrogens with one attached hydrogen (secondary N) is 1.